The summed E-state index contributed by atoms with van der Waals surface area (Å²) >= 11 is 0. The first-order valence-corrected chi connectivity index (χ1v) is 10.9. The van der Waals surface area contributed by atoms with Crippen LogP contribution in [0.5, 0.6) is 0 Å². The molecular weight excluding hydrogens is 312 g/mol. The van der Waals surface area contributed by atoms with Gasteiger partial charge in [-0.1, -0.05) is 34.6 Å². The van der Waals surface area contributed by atoms with Crippen molar-refractivity contribution < 1.29 is 18.8 Å². The Balaban J connectivity index is 5.66. The van der Waals surface area contributed by atoms with Crippen molar-refractivity contribution in [3.63, 3.8) is 0 Å². The van der Waals surface area contributed by atoms with Crippen molar-refractivity contribution in [3.8, 4) is 0 Å². The number of carbonyl (C=O) groups excluding carboxylic acids is 2. The SMILES string of the molecule is COC(=O)N[C@@H](C(C)C)[C@@H](O[Si](C)(C)C(C)(C)C)C(=O)N(C)C. The van der Waals surface area contributed by atoms with E-state index in [1.807, 2.05) is 13.8 Å². The second-order valence-electron chi connectivity index (χ2n) is 7.94. The molecule has 0 aliphatic heterocycles. The summed E-state index contributed by atoms with van der Waals surface area (Å²) in [6.45, 7) is 14.5. The highest BCUT2D eigenvalue weighted by molar-refractivity contribution is 6.74. The average Bonchev–Trinajstić information content (AvgIpc) is 2.39. The lowest BCUT2D eigenvalue weighted by molar-refractivity contribution is -0.138. The Hall–Kier alpha value is -1.08. The molecule has 7 heteroatoms. The second kappa shape index (κ2) is 8.15. The van der Waals surface area contributed by atoms with Gasteiger partial charge in [0, 0.05) is 14.1 Å². The molecule has 0 saturated heterocycles. The first kappa shape index (κ1) is 21.9. The minimum absolute atomic E-state index is 0.0211. The first-order valence-electron chi connectivity index (χ1n) is 7.98. The van der Waals surface area contributed by atoms with Crippen molar-refractivity contribution in [2.24, 2.45) is 5.92 Å². The number of nitrogens with zero attached hydrogens (tertiary/aromatic N) is 1. The average molecular weight is 347 g/mol. The van der Waals surface area contributed by atoms with E-state index in [2.05, 4.69) is 39.2 Å². The Kier molecular flexibility index (Phi) is 7.76. The van der Waals surface area contributed by atoms with Gasteiger partial charge in [-0.05, 0) is 24.1 Å². The van der Waals surface area contributed by atoms with Gasteiger partial charge >= 0.3 is 6.09 Å². The molecular formula is C16H34N2O4Si. The number of likely N-dealkylation sites (N-methyl/N-ethyl adjacent to an activating group) is 1. The number of amides is 2. The molecule has 0 heterocycles. The van der Waals surface area contributed by atoms with Crippen molar-refractivity contribution in [1.82, 2.24) is 10.2 Å². The zero-order valence-corrected chi connectivity index (χ0v) is 17.3. The van der Waals surface area contributed by atoms with Crippen LogP contribution in [0.25, 0.3) is 0 Å². The van der Waals surface area contributed by atoms with E-state index in [1.165, 1.54) is 12.0 Å². The van der Waals surface area contributed by atoms with Crippen molar-refractivity contribution in [2.45, 2.75) is 64.9 Å². The molecule has 2 amide bonds. The summed E-state index contributed by atoms with van der Waals surface area (Å²) in [4.78, 5) is 25.9. The summed E-state index contributed by atoms with van der Waals surface area (Å²) in [7, 11) is 2.51. The lowest BCUT2D eigenvalue weighted by atomic mass is 9.98. The number of ether oxygens (including phenoxy) is 1. The maximum atomic E-state index is 12.7. The molecule has 0 aromatic rings. The monoisotopic (exact) mass is 346 g/mol. The summed E-state index contributed by atoms with van der Waals surface area (Å²) in [6.07, 6.45) is -1.29. The van der Waals surface area contributed by atoms with E-state index in [9.17, 15) is 9.59 Å². The molecule has 0 fully saturated rings. The number of methoxy groups -OCH3 is 1. The molecule has 0 aliphatic rings. The lowest BCUT2D eigenvalue weighted by Crippen LogP contribution is -2.58. The fraction of sp³-hybridized carbons (Fsp3) is 0.875. The minimum atomic E-state index is -2.19. The molecule has 0 radical (unpaired) electrons. The van der Waals surface area contributed by atoms with Crippen molar-refractivity contribution in [1.29, 1.82) is 0 Å². The molecule has 0 unspecified atom stereocenters. The van der Waals surface area contributed by atoms with Crippen molar-refractivity contribution >= 4 is 20.3 Å². The Labute approximate surface area is 142 Å². The quantitative estimate of drug-likeness (QED) is 0.751. The normalized spacial score (nSPS) is 15.1. The van der Waals surface area contributed by atoms with Gasteiger partial charge < -0.3 is 19.4 Å². The van der Waals surface area contributed by atoms with Crippen LogP contribution in [0.2, 0.25) is 18.1 Å². The second-order valence-corrected chi connectivity index (χ2v) is 12.7. The largest absolute Gasteiger partial charge is 0.453 e. The molecule has 2 atom stereocenters. The summed E-state index contributed by atoms with van der Waals surface area (Å²) in [5.41, 5.74) is 0. The number of nitrogens with one attached hydrogen (secondary N) is 1. The van der Waals surface area contributed by atoms with Gasteiger partial charge in [0.25, 0.3) is 5.91 Å². The van der Waals surface area contributed by atoms with E-state index < -0.39 is 26.6 Å². The molecule has 136 valence electrons. The van der Waals surface area contributed by atoms with Crippen molar-refractivity contribution in [2.75, 3.05) is 21.2 Å². The van der Waals surface area contributed by atoms with E-state index in [0.717, 1.165) is 0 Å². The van der Waals surface area contributed by atoms with Gasteiger partial charge in [-0.25, -0.2) is 4.79 Å². The van der Waals surface area contributed by atoms with Crippen LogP contribution in [0.4, 0.5) is 4.79 Å². The molecule has 1 N–H and O–H groups in total. The molecule has 0 rings (SSSR count). The Morgan fingerprint density at radius 3 is 1.91 bits per heavy atom. The van der Waals surface area contributed by atoms with Crippen molar-refractivity contribution in [3.05, 3.63) is 0 Å². The van der Waals surface area contributed by atoms with Gasteiger partial charge in [0.05, 0.1) is 13.2 Å². The lowest BCUT2D eigenvalue weighted by Gasteiger charge is -2.42. The van der Waals surface area contributed by atoms with Crippen LogP contribution >= 0.6 is 0 Å². The fourth-order valence-electron chi connectivity index (χ4n) is 1.81. The number of carbonyl (C=O) groups is 2. The summed E-state index contributed by atoms with van der Waals surface area (Å²) in [5, 5.41) is 2.73. The molecule has 0 bridgehead atoms. The predicted octanol–water partition coefficient (Wildman–Crippen LogP) is 2.85. The molecule has 0 saturated carbocycles. The Morgan fingerprint density at radius 1 is 1.13 bits per heavy atom. The maximum absolute atomic E-state index is 12.7. The predicted molar refractivity (Wildman–Crippen MR) is 94.9 cm³/mol. The van der Waals surface area contributed by atoms with Crippen LogP contribution in [0.1, 0.15) is 34.6 Å². The highest BCUT2D eigenvalue weighted by Crippen LogP contribution is 2.38. The van der Waals surface area contributed by atoms with Crippen LogP contribution in [0.15, 0.2) is 0 Å². The van der Waals surface area contributed by atoms with Gasteiger partial charge in [0.1, 0.15) is 6.10 Å². The standard InChI is InChI=1S/C16H34N2O4Si/c1-11(2)12(17-15(20)21-8)13(14(19)18(6)7)22-23(9,10)16(3,4)5/h11-13H,1-10H3,(H,17,20)/t12-,13+/m0/s1. The molecule has 0 aromatic heterocycles. The van der Waals surface area contributed by atoms with Gasteiger partial charge in [0.2, 0.25) is 0 Å². The number of rotatable bonds is 6. The third-order valence-corrected chi connectivity index (χ3v) is 8.88. The Morgan fingerprint density at radius 2 is 1.61 bits per heavy atom. The number of hydrogen-bond donors (Lipinski definition) is 1. The topological polar surface area (TPSA) is 67.9 Å². The zero-order valence-electron chi connectivity index (χ0n) is 16.3. The highest BCUT2D eigenvalue weighted by Gasteiger charge is 2.44. The first-order chi connectivity index (χ1) is 10.2. The van der Waals surface area contributed by atoms with E-state index in [0.29, 0.717) is 0 Å². The zero-order chi connectivity index (χ0) is 18.6. The summed E-state index contributed by atoms with van der Waals surface area (Å²) in [6, 6.07) is -0.452. The van der Waals surface area contributed by atoms with Gasteiger partial charge in [-0.15, -0.1) is 0 Å². The smallest absolute Gasteiger partial charge is 0.407 e. The fourth-order valence-corrected chi connectivity index (χ4v) is 3.05. The Bertz CT molecular complexity index is 417. The van der Waals surface area contributed by atoms with Gasteiger partial charge in [0.15, 0.2) is 8.32 Å². The van der Waals surface area contributed by atoms with Crippen LogP contribution in [-0.2, 0) is 14.0 Å². The summed E-state index contributed by atoms with van der Waals surface area (Å²) < 4.78 is 11.1. The number of hydrogen-bond acceptors (Lipinski definition) is 4. The molecule has 0 aliphatic carbocycles. The molecule has 6 nitrogen and oxygen atoms in total. The third-order valence-electron chi connectivity index (χ3n) is 4.43. The molecule has 0 aromatic carbocycles. The van der Waals surface area contributed by atoms with Gasteiger partial charge in [-0.2, -0.15) is 0 Å². The van der Waals surface area contributed by atoms with E-state index >= 15 is 0 Å². The molecule has 23 heavy (non-hydrogen) atoms. The molecule has 0 spiro atoms. The van der Waals surface area contributed by atoms with Crippen LogP contribution in [0, 0.1) is 5.92 Å². The van der Waals surface area contributed by atoms with E-state index in [-0.39, 0.29) is 16.9 Å². The highest BCUT2D eigenvalue weighted by atomic mass is 28.4. The van der Waals surface area contributed by atoms with Gasteiger partial charge in [-0.3, -0.25) is 4.79 Å². The van der Waals surface area contributed by atoms with Crippen LogP contribution in [-0.4, -0.2) is 58.6 Å². The van der Waals surface area contributed by atoms with Crippen LogP contribution in [0.3, 0.4) is 0 Å². The van der Waals surface area contributed by atoms with Crippen LogP contribution < -0.4 is 5.32 Å². The summed E-state index contributed by atoms with van der Waals surface area (Å²) in [5.74, 6) is -0.127. The van der Waals surface area contributed by atoms with E-state index in [1.54, 1.807) is 14.1 Å². The van der Waals surface area contributed by atoms with E-state index in [4.69, 9.17) is 9.16 Å². The minimum Gasteiger partial charge on any atom is -0.453 e. The third kappa shape index (κ3) is 6.14. The number of alkyl carbamates (subject to hydrolysis) is 1. The maximum Gasteiger partial charge on any atom is 0.407 e.